The number of carbonyl (C=O) groups excluding carboxylic acids is 2. The van der Waals surface area contributed by atoms with E-state index in [-0.39, 0.29) is 17.9 Å². The maximum Gasteiger partial charge on any atom is 0.249 e. The molecule has 3 N–H and O–H groups in total. The highest BCUT2D eigenvalue weighted by molar-refractivity contribution is 5.88. The first-order chi connectivity index (χ1) is 9.31. The first-order valence-corrected chi connectivity index (χ1v) is 7.56. The number of ether oxygens (including phenoxy) is 1. The summed E-state index contributed by atoms with van der Waals surface area (Å²) in [6.45, 7) is 7.64. The smallest absolute Gasteiger partial charge is 0.249 e. The summed E-state index contributed by atoms with van der Waals surface area (Å²) < 4.78 is 5.82. The average molecular weight is 284 g/mol. The SMILES string of the molecule is CC(C)[C@H](NC(=O)[C@@H](C)O[C@H]1CCC[C@@H](C)C1)C(N)=O. The number of rotatable bonds is 6. The Balaban J connectivity index is 2.47. The van der Waals surface area contributed by atoms with Crippen LogP contribution in [0, 0.1) is 11.8 Å². The first kappa shape index (κ1) is 17.0. The Hall–Kier alpha value is -1.10. The molecule has 0 aromatic heterocycles. The highest BCUT2D eigenvalue weighted by atomic mass is 16.5. The van der Waals surface area contributed by atoms with Crippen LogP contribution >= 0.6 is 0 Å². The Morgan fingerprint density at radius 2 is 1.90 bits per heavy atom. The third kappa shape index (κ3) is 5.12. The molecule has 0 aromatic carbocycles. The molecule has 1 saturated carbocycles. The highest BCUT2D eigenvalue weighted by Gasteiger charge is 2.27. The lowest BCUT2D eigenvalue weighted by atomic mass is 9.88. The number of hydrogen-bond acceptors (Lipinski definition) is 3. The van der Waals surface area contributed by atoms with Crippen LogP contribution in [0.15, 0.2) is 0 Å². The van der Waals surface area contributed by atoms with Gasteiger partial charge in [-0.05, 0) is 31.6 Å². The van der Waals surface area contributed by atoms with Gasteiger partial charge in [-0.25, -0.2) is 0 Å². The van der Waals surface area contributed by atoms with E-state index in [9.17, 15) is 9.59 Å². The monoisotopic (exact) mass is 284 g/mol. The second-order valence-electron chi connectivity index (χ2n) is 6.30. The van der Waals surface area contributed by atoms with E-state index >= 15 is 0 Å². The van der Waals surface area contributed by atoms with Gasteiger partial charge in [0, 0.05) is 0 Å². The Morgan fingerprint density at radius 1 is 1.25 bits per heavy atom. The minimum absolute atomic E-state index is 0.0293. The van der Waals surface area contributed by atoms with Crippen LogP contribution in [0.1, 0.15) is 53.4 Å². The van der Waals surface area contributed by atoms with E-state index in [0.29, 0.717) is 5.92 Å². The molecule has 5 nitrogen and oxygen atoms in total. The summed E-state index contributed by atoms with van der Waals surface area (Å²) in [4.78, 5) is 23.4. The third-order valence-corrected chi connectivity index (χ3v) is 3.93. The molecule has 0 aliphatic heterocycles. The predicted molar refractivity (Wildman–Crippen MR) is 77.9 cm³/mol. The molecule has 116 valence electrons. The molecular formula is C15H28N2O3. The van der Waals surface area contributed by atoms with E-state index in [2.05, 4.69) is 12.2 Å². The van der Waals surface area contributed by atoms with Crippen LogP contribution in [0.2, 0.25) is 0 Å². The van der Waals surface area contributed by atoms with Crippen molar-refractivity contribution in [2.24, 2.45) is 17.6 Å². The Kier molecular flexibility index (Phi) is 6.46. The fourth-order valence-corrected chi connectivity index (χ4v) is 2.69. The topological polar surface area (TPSA) is 81.4 Å². The van der Waals surface area contributed by atoms with Gasteiger partial charge in [-0.1, -0.05) is 33.6 Å². The van der Waals surface area contributed by atoms with E-state index in [4.69, 9.17) is 10.5 Å². The van der Waals surface area contributed by atoms with E-state index in [0.717, 1.165) is 19.3 Å². The van der Waals surface area contributed by atoms with Crippen molar-refractivity contribution in [1.29, 1.82) is 0 Å². The van der Waals surface area contributed by atoms with Gasteiger partial charge in [0.25, 0.3) is 0 Å². The lowest BCUT2D eigenvalue weighted by Gasteiger charge is -2.29. The molecule has 0 saturated heterocycles. The molecule has 1 fully saturated rings. The number of amides is 2. The lowest BCUT2D eigenvalue weighted by Crippen LogP contribution is -2.51. The fraction of sp³-hybridized carbons (Fsp3) is 0.867. The Bertz CT molecular complexity index is 344. The number of nitrogens with one attached hydrogen (secondary N) is 1. The van der Waals surface area contributed by atoms with Crippen molar-refractivity contribution in [3.8, 4) is 0 Å². The summed E-state index contributed by atoms with van der Waals surface area (Å²) in [7, 11) is 0. The summed E-state index contributed by atoms with van der Waals surface area (Å²) in [5.41, 5.74) is 5.29. The van der Waals surface area contributed by atoms with Crippen LogP contribution < -0.4 is 11.1 Å². The van der Waals surface area contributed by atoms with E-state index in [1.165, 1.54) is 6.42 Å². The van der Waals surface area contributed by atoms with Gasteiger partial charge >= 0.3 is 0 Å². The van der Waals surface area contributed by atoms with Crippen LogP contribution in [-0.4, -0.2) is 30.1 Å². The molecule has 1 aliphatic rings. The molecule has 0 heterocycles. The van der Waals surface area contributed by atoms with Crippen LogP contribution in [-0.2, 0) is 14.3 Å². The predicted octanol–water partition coefficient (Wildman–Crippen LogP) is 1.60. The molecule has 0 bridgehead atoms. The minimum Gasteiger partial charge on any atom is -0.368 e. The van der Waals surface area contributed by atoms with Gasteiger partial charge in [0.05, 0.1) is 6.10 Å². The van der Waals surface area contributed by atoms with Gasteiger partial charge in [-0.3, -0.25) is 9.59 Å². The number of primary amides is 1. The zero-order chi connectivity index (χ0) is 15.3. The summed E-state index contributed by atoms with van der Waals surface area (Å²) in [5.74, 6) is -0.149. The van der Waals surface area contributed by atoms with Crippen molar-refractivity contribution in [2.45, 2.75) is 71.6 Å². The van der Waals surface area contributed by atoms with Crippen LogP contribution in [0.25, 0.3) is 0 Å². The molecule has 20 heavy (non-hydrogen) atoms. The normalized spacial score (nSPS) is 26.1. The molecule has 2 amide bonds. The average Bonchev–Trinajstić information content (AvgIpc) is 2.34. The fourth-order valence-electron chi connectivity index (χ4n) is 2.69. The molecule has 1 rings (SSSR count). The summed E-state index contributed by atoms with van der Waals surface area (Å²) in [6.07, 6.45) is 3.98. The van der Waals surface area contributed by atoms with Crippen LogP contribution in [0.5, 0.6) is 0 Å². The maximum atomic E-state index is 12.1. The lowest BCUT2D eigenvalue weighted by molar-refractivity contribution is -0.140. The Morgan fingerprint density at radius 3 is 2.40 bits per heavy atom. The number of nitrogens with two attached hydrogens (primary N) is 1. The quantitative estimate of drug-likeness (QED) is 0.777. The summed E-state index contributed by atoms with van der Waals surface area (Å²) >= 11 is 0. The largest absolute Gasteiger partial charge is 0.368 e. The second-order valence-corrected chi connectivity index (χ2v) is 6.30. The van der Waals surface area contributed by atoms with Gasteiger partial charge in [0.15, 0.2) is 0 Å². The molecule has 4 atom stereocenters. The zero-order valence-electron chi connectivity index (χ0n) is 13.0. The van der Waals surface area contributed by atoms with E-state index in [1.54, 1.807) is 6.92 Å². The van der Waals surface area contributed by atoms with E-state index in [1.807, 2.05) is 13.8 Å². The zero-order valence-corrected chi connectivity index (χ0v) is 13.0. The van der Waals surface area contributed by atoms with Gasteiger partial charge < -0.3 is 15.8 Å². The summed E-state index contributed by atoms with van der Waals surface area (Å²) in [6, 6.07) is -0.640. The minimum atomic E-state index is -0.640. The highest BCUT2D eigenvalue weighted by Crippen LogP contribution is 2.26. The third-order valence-electron chi connectivity index (χ3n) is 3.93. The van der Waals surface area contributed by atoms with Gasteiger partial charge in [0.1, 0.15) is 12.1 Å². The molecule has 0 unspecified atom stereocenters. The van der Waals surface area contributed by atoms with Crippen LogP contribution in [0.3, 0.4) is 0 Å². The van der Waals surface area contributed by atoms with Crippen molar-refractivity contribution in [2.75, 3.05) is 0 Å². The molecule has 5 heteroatoms. The second kappa shape index (κ2) is 7.62. The Labute approximate surface area is 121 Å². The van der Waals surface area contributed by atoms with Crippen molar-refractivity contribution < 1.29 is 14.3 Å². The molecular weight excluding hydrogens is 256 g/mol. The van der Waals surface area contributed by atoms with Gasteiger partial charge in [0.2, 0.25) is 11.8 Å². The number of hydrogen-bond donors (Lipinski definition) is 2. The molecule has 0 spiro atoms. The molecule has 0 aromatic rings. The van der Waals surface area contributed by atoms with Crippen molar-refractivity contribution in [3.63, 3.8) is 0 Å². The van der Waals surface area contributed by atoms with E-state index < -0.39 is 18.1 Å². The van der Waals surface area contributed by atoms with Gasteiger partial charge in [-0.2, -0.15) is 0 Å². The summed E-state index contributed by atoms with van der Waals surface area (Å²) in [5, 5.41) is 2.68. The van der Waals surface area contributed by atoms with Gasteiger partial charge in [-0.15, -0.1) is 0 Å². The molecule has 1 aliphatic carbocycles. The maximum absolute atomic E-state index is 12.1. The standard InChI is InChI=1S/C15H28N2O3/c1-9(2)13(14(16)18)17-15(19)11(4)20-12-7-5-6-10(3)8-12/h9-13H,5-8H2,1-4H3,(H2,16,18)(H,17,19)/t10-,11-,12+,13+/m1/s1. The van der Waals surface area contributed by atoms with Crippen molar-refractivity contribution in [1.82, 2.24) is 5.32 Å². The number of carbonyl (C=O) groups is 2. The van der Waals surface area contributed by atoms with Crippen molar-refractivity contribution in [3.05, 3.63) is 0 Å². The van der Waals surface area contributed by atoms with Crippen molar-refractivity contribution >= 4 is 11.8 Å². The van der Waals surface area contributed by atoms with Crippen LogP contribution in [0.4, 0.5) is 0 Å². The molecule has 0 radical (unpaired) electrons. The first-order valence-electron chi connectivity index (χ1n) is 7.56.